The number of aryl methyl sites for hydroxylation is 2. The molecule has 3 aromatic rings. The Balaban J connectivity index is 1.65. The van der Waals surface area contributed by atoms with Gasteiger partial charge in [-0.1, -0.05) is 18.2 Å². The van der Waals surface area contributed by atoms with E-state index in [0.717, 1.165) is 18.4 Å². The number of hydrogen-bond acceptors (Lipinski definition) is 3. The van der Waals surface area contributed by atoms with Gasteiger partial charge in [0.15, 0.2) is 11.5 Å². The molecule has 0 atom stereocenters. The summed E-state index contributed by atoms with van der Waals surface area (Å²) < 4.78 is 1.65. The van der Waals surface area contributed by atoms with Gasteiger partial charge in [-0.25, -0.2) is 4.98 Å². The third-order valence-corrected chi connectivity index (χ3v) is 4.57. The van der Waals surface area contributed by atoms with E-state index in [0.29, 0.717) is 24.5 Å². The van der Waals surface area contributed by atoms with Crippen molar-refractivity contribution in [3.63, 3.8) is 0 Å². The zero-order valence-electron chi connectivity index (χ0n) is 15.3. The van der Waals surface area contributed by atoms with Crippen LogP contribution in [0.3, 0.4) is 0 Å². The summed E-state index contributed by atoms with van der Waals surface area (Å²) in [6.45, 7) is 0.619. The van der Waals surface area contributed by atoms with Crippen LogP contribution in [0, 0.1) is 0 Å². The lowest BCUT2D eigenvalue weighted by molar-refractivity contribution is -0.107. The number of fused-ring (bicyclic) bond motifs is 1. The SMILES string of the molecule is CN(CCCc1c[nH]c2ccccc12)C(=O)c1c(N(C)C=O)ncn1C. The molecule has 136 valence electrons. The van der Waals surface area contributed by atoms with Gasteiger partial charge in [0.2, 0.25) is 6.41 Å². The number of nitrogens with zero attached hydrogens (tertiary/aromatic N) is 4. The van der Waals surface area contributed by atoms with Crippen molar-refractivity contribution in [1.82, 2.24) is 19.4 Å². The Labute approximate surface area is 152 Å². The molecule has 0 aliphatic heterocycles. The fourth-order valence-corrected chi connectivity index (χ4v) is 3.10. The van der Waals surface area contributed by atoms with Gasteiger partial charge in [0.25, 0.3) is 5.91 Å². The summed E-state index contributed by atoms with van der Waals surface area (Å²) in [5, 5.41) is 1.23. The first-order valence-electron chi connectivity index (χ1n) is 8.52. The highest BCUT2D eigenvalue weighted by Crippen LogP contribution is 2.20. The number of aromatic amines is 1. The lowest BCUT2D eigenvalue weighted by atomic mass is 10.1. The van der Waals surface area contributed by atoms with Gasteiger partial charge in [0.05, 0.1) is 6.33 Å². The van der Waals surface area contributed by atoms with Crippen molar-refractivity contribution in [3.05, 3.63) is 48.0 Å². The molecule has 0 spiro atoms. The Morgan fingerprint density at radius 2 is 2.08 bits per heavy atom. The van der Waals surface area contributed by atoms with Crippen molar-refractivity contribution in [3.8, 4) is 0 Å². The summed E-state index contributed by atoms with van der Waals surface area (Å²) >= 11 is 0. The second-order valence-electron chi connectivity index (χ2n) is 6.43. The van der Waals surface area contributed by atoms with Crippen LogP contribution in [0.25, 0.3) is 10.9 Å². The molecule has 0 aliphatic rings. The Hall–Kier alpha value is -3.09. The molecule has 0 saturated carbocycles. The van der Waals surface area contributed by atoms with E-state index in [9.17, 15) is 9.59 Å². The lowest BCUT2D eigenvalue weighted by Crippen LogP contribution is -2.31. The molecular weight excluding hydrogens is 330 g/mol. The van der Waals surface area contributed by atoms with Crippen molar-refractivity contribution in [2.45, 2.75) is 12.8 Å². The summed E-state index contributed by atoms with van der Waals surface area (Å²) in [5.74, 6) is 0.226. The van der Waals surface area contributed by atoms with E-state index in [1.165, 1.54) is 15.8 Å². The second kappa shape index (κ2) is 7.43. The number of amides is 2. The summed E-state index contributed by atoms with van der Waals surface area (Å²) in [5.41, 5.74) is 2.79. The zero-order chi connectivity index (χ0) is 18.7. The molecule has 7 heteroatoms. The molecule has 7 nitrogen and oxygen atoms in total. The molecule has 2 amide bonds. The lowest BCUT2D eigenvalue weighted by Gasteiger charge is -2.19. The molecule has 0 aliphatic carbocycles. The fourth-order valence-electron chi connectivity index (χ4n) is 3.10. The summed E-state index contributed by atoms with van der Waals surface area (Å²) in [6.07, 6.45) is 5.96. The van der Waals surface area contributed by atoms with Crippen molar-refractivity contribution >= 4 is 29.0 Å². The topological polar surface area (TPSA) is 74.2 Å². The van der Waals surface area contributed by atoms with Crippen LogP contribution in [-0.2, 0) is 18.3 Å². The molecule has 0 fully saturated rings. The molecule has 26 heavy (non-hydrogen) atoms. The Bertz CT molecular complexity index is 927. The van der Waals surface area contributed by atoms with Crippen LogP contribution in [0.5, 0.6) is 0 Å². The van der Waals surface area contributed by atoms with Gasteiger partial charge < -0.3 is 19.4 Å². The van der Waals surface area contributed by atoms with Gasteiger partial charge in [-0.15, -0.1) is 0 Å². The third kappa shape index (κ3) is 3.33. The Morgan fingerprint density at radius 1 is 1.31 bits per heavy atom. The van der Waals surface area contributed by atoms with Crippen LogP contribution < -0.4 is 4.90 Å². The van der Waals surface area contributed by atoms with Crippen LogP contribution in [0.15, 0.2) is 36.8 Å². The molecule has 2 heterocycles. The average molecular weight is 353 g/mol. The largest absolute Gasteiger partial charge is 0.361 e. The summed E-state index contributed by atoms with van der Waals surface area (Å²) in [6, 6.07) is 8.20. The summed E-state index contributed by atoms with van der Waals surface area (Å²) in [4.78, 5) is 34.2. The first-order valence-corrected chi connectivity index (χ1v) is 8.52. The number of carbonyl (C=O) groups excluding carboxylic acids is 2. The molecule has 3 rings (SSSR count). The summed E-state index contributed by atoms with van der Waals surface area (Å²) in [7, 11) is 5.11. The number of H-pyrrole nitrogens is 1. The van der Waals surface area contributed by atoms with E-state index in [1.54, 1.807) is 36.9 Å². The highest BCUT2D eigenvalue weighted by atomic mass is 16.2. The molecule has 0 saturated heterocycles. The molecule has 1 aromatic carbocycles. The Kier molecular flexibility index (Phi) is 5.06. The number of benzene rings is 1. The Morgan fingerprint density at radius 3 is 2.85 bits per heavy atom. The standard InChI is InChI=1S/C19H23N5O2/c1-22(19(26)17-18(24(3)13-25)21-12-23(17)2)10-6-7-14-11-20-16-9-5-4-8-15(14)16/h4-5,8-9,11-13,20H,6-7,10H2,1-3H3. The first kappa shape index (κ1) is 17.7. The third-order valence-electron chi connectivity index (χ3n) is 4.57. The second-order valence-corrected chi connectivity index (χ2v) is 6.43. The maximum absolute atomic E-state index is 12.8. The highest BCUT2D eigenvalue weighted by Gasteiger charge is 2.22. The van der Waals surface area contributed by atoms with Crippen LogP contribution in [0.4, 0.5) is 5.82 Å². The van der Waals surface area contributed by atoms with E-state index in [4.69, 9.17) is 0 Å². The van der Waals surface area contributed by atoms with E-state index in [2.05, 4.69) is 22.1 Å². The number of nitrogens with one attached hydrogen (secondary N) is 1. The molecular formula is C19H23N5O2. The van der Waals surface area contributed by atoms with Crippen LogP contribution in [0.2, 0.25) is 0 Å². The predicted molar refractivity (Wildman–Crippen MR) is 101 cm³/mol. The van der Waals surface area contributed by atoms with E-state index < -0.39 is 0 Å². The molecule has 0 unspecified atom stereocenters. The van der Waals surface area contributed by atoms with Gasteiger partial charge in [0, 0.05) is 44.8 Å². The molecule has 0 radical (unpaired) electrons. The average Bonchev–Trinajstić information content (AvgIpc) is 3.24. The van der Waals surface area contributed by atoms with Gasteiger partial charge >= 0.3 is 0 Å². The van der Waals surface area contributed by atoms with Crippen molar-refractivity contribution in [2.24, 2.45) is 7.05 Å². The van der Waals surface area contributed by atoms with Gasteiger partial charge in [0.1, 0.15) is 0 Å². The highest BCUT2D eigenvalue weighted by molar-refractivity contribution is 5.99. The predicted octanol–water partition coefficient (Wildman–Crippen LogP) is 2.20. The molecule has 0 bridgehead atoms. The monoisotopic (exact) mass is 353 g/mol. The van der Waals surface area contributed by atoms with Gasteiger partial charge in [-0.2, -0.15) is 0 Å². The van der Waals surface area contributed by atoms with Crippen LogP contribution in [-0.4, -0.2) is 52.4 Å². The number of imidazole rings is 1. The zero-order valence-corrected chi connectivity index (χ0v) is 15.3. The maximum atomic E-state index is 12.8. The molecule has 2 aromatic heterocycles. The first-order chi connectivity index (χ1) is 12.5. The van der Waals surface area contributed by atoms with Gasteiger partial charge in [-0.05, 0) is 24.5 Å². The quantitative estimate of drug-likeness (QED) is 0.662. The number of para-hydroxylation sites is 1. The van der Waals surface area contributed by atoms with Crippen LogP contribution in [0.1, 0.15) is 22.5 Å². The number of aromatic nitrogens is 3. The number of anilines is 1. The minimum atomic E-state index is -0.146. The van der Waals surface area contributed by atoms with E-state index in [-0.39, 0.29) is 5.91 Å². The normalized spacial score (nSPS) is 10.9. The minimum Gasteiger partial charge on any atom is -0.361 e. The van der Waals surface area contributed by atoms with Crippen molar-refractivity contribution in [2.75, 3.05) is 25.5 Å². The fraction of sp³-hybridized carbons (Fsp3) is 0.316. The van der Waals surface area contributed by atoms with Crippen molar-refractivity contribution in [1.29, 1.82) is 0 Å². The minimum absolute atomic E-state index is 0.146. The number of hydrogen-bond donors (Lipinski definition) is 1. The van der Waals surface area contributed by atoms with Crippen LogP contribution >= 0.6 is 0 Å². The molecule has 1 N–H and O–H groups in total. The maximum Gasteiger partial charge on any atom is 0.274 e. The van der Waals surface area contributed by atoms with E-state index in [1.807, 2.05) is 18.3 Å². The number of rotatable bonds is 7. The van der Waals surface area contributed by atoms with E-state index >= 15 is 0 Å². The smallest absolute Gasteiger partial charge is 0.274 e. The van der Waals surface area contributed by atoms with Crippen molar-refractivity contribution < 1.29 is 9.59 Å². The van der Waals surface area contributed by atoms with Gasteiger partial charge in [-0.3, -0.25) is 9.59 Å². The number of carbonyl (C=O) groups is 2.